The van der Waals surface area contributed by atoms with Crippen molar-refractivity contribution in [2.75, 3.05) is 19.6 Å². The fourth-order valence-electron chi connectivity index (χ4n) is 2.60. The van der Waals surface area contributed by atoms with E-state index in [1.807, 2.05) is 0 Å². The van der Waals surface area contributed by atoms with Gasteiger partial charge in [0.15, 0.2) is 0 Å². The maximum atomic E-state index is 12.7. The van der Waals surface area contributed by atoms with Crippen LogP contribution in [0.25, 0.3) is 0 Å². The zero-order valence-electron chi connectivity index (χ0n) is 13.4. The van der Waals surface area contributed by atoms with Gasteiger partial charge in [0, 0.05) is 11.6 Å². The van der Waals surface area contributed by atoms with Crippen LogP contribution >= 0.6 is 23.2 Å². The normalized spacial score (nSPS) is 16.2. The molecule has 0 aliphatic carbocycles. The van der Waals surface area contributed by atoms with E-state index in [1.54, 1.807) is 6.07 Å². The lowest BCUT2D eigenvalue weighted by Gasteiger charge is -2.24. The minimum Gasteiger partial charge on any atom is -0.345 e. The molecule has 0 spiro atoms. The fraction of sp³-hybridized carbons (Fsp3) is 0.353. The molecule has 6 nitrogen and oxygen atoms in total. The molecule has 1 fully saturated rings. The Balaban J connectivity index is 2.03. The SMILES string of the molecule is C#CCNC(=O)CNC(=O)C1CCCN1C(=O)c1cc(Cl)ccc1Cl. The van der Waals surface area contributed by atoms with Gasteiger partial charge >= 0.3 is 0 Å². The molecule has 2 N–H and O–H groups in total. The molecule has 1 aromatic carbocycles. The van der Waals surface area contributed by atoms with Crippen LogP contribution < -0.4 is 10.6 Å². The molecule has 3 amide bonds. The van der Waals surface area contributed by atoms with Gasteiger partial charge in [-0.3, -0.25) is 14.4 Å². The number of rotatable bonds is 5. The van der Waals surface area contributed by atoms with Crippen molar-refractivity contribution in [1.29, 1.82) is 0 Å². The van der Waals surface area contributed by atoms with Gasteiger partial charge in [-0.1, -0.05) is 29.1 Å². The summed E-state index contributed by atoms with van der Waals surface area (Å²) >= 11 is 12.0. The molecule has 0 aromatic heterocycles. The Labute approximate surface area is 155 Å². The summed E-state index contributed by atoms with van der Waals surface area (Å²) in [6, 6.07) is 3.96. The molecule has 0 saturated carbocycles. The van der Waals surface area contributed by atoms with Crippen LogP contribution in [0.1, 0.15) is 23.2 Å². The topological polar surface area (TPSA) is 78.5 Å². The van der Waals surface area contributed by atoms with Crippen LogP contribution in [0.2, 0.25) is 10.0 Å². The summed E-state index contributed by atoms with van der Waals surface area (Å²) in [5.74, 6) is 1.13. The smallest absolute Gasteiger partial charge is 0.256 e. The lowest BCUT2D eigenvalue weighted by Crippen LogP contribution is -2.48. The van der Waals surface area contributed by atoms with E-state index in [4.69, 9.17) is 29.6 Å². The molecule has 1 aliphatic rings. The summed E-state index contributed by atoms with van der Waals surface area (Å²) < 4.78 is 0. The predicted molar refractivity (Wildman–Crippen MR) is 95.4 cm³/mol. The molecule has 1 aliphatic heterocycles. The van der Waals surface area contributed by atoms with Crippen molar-refractivity contribution in [3.8, 4) is 12.3 Å². The number of hydrogen-bond donors (Lipinski definition) is 2. The summed E-state index contributed by atoms with van der Waals surface area (Å²) in [4.78, 5) is 38.0. The highest BCUT2D eigenvalue weighted by Gasteiger charge is 2.35. The number of carbonyl (C=O) groups excluding carboxylic acids is 3. The molecule has 1 unspecified atom stereocenters. The van der Waals surface area contributed by atoms with E-state index in [2.05, 4.69) is 16.6 Å². The molecule has 8 heteroatoms. The monoisotopic (exact) mass is 381 g/mol. The first-order valence-corrected chi connectivity index (χ1v) is 8.43. The number of halogens is 2. The largest absolute Gasteiger partial charge is 0.345 e. The van der Waals surface area contributed by atoms with Crippen LogP contribution in [0, 0.1) is 12.3 Å². The van der Waals surface area contributed by atoms with Gasteiger partial charge in [-0.25, -0.2) is 0 Å². The molecule has 1 atom stereocenters. The van der Waals surface area contributed by atoms with Crippen molar-refractivity contribution in [2.24, 2.45) is 0 Å². The van der Waals surface area contributed by atoms with E-state index < -0.39 is 6.04 Å². The van der Waals surface area contributed by atoms with E-state index in [1.165, 1.54) is 17.0 Å². The second-order valence-corrected chi connectivity index (χ2v) is 6.32. The maximum Gasteiger partial charge on any atom is 0.256 e. The number of nitrogens with one attached hydrogen (secondary N) is 2. The molecular weight excluding hydrogens is 365 g/mol. The lowest BCUT2D eigenvalue weighted by molar-refractivity contribution is -0.128. The first-order chi connectivity index (χ1) is 11.9. The van der Waals surface area contributed by atoms with Crippen molar-refractivity contribution in [1.82, 2.24) is 15.5 Å². The molecule has 132 valence electrons. The molecule has 0 bridgehead atoms. The molecule has 1 heterocycles. The van der Waals surface area contributed by atoms with Crippen LogP contribution in [0.4, 0.5) is 0 Å². The van der Waals surface area contributed by atoms with Gasteiger partial charge in [0.1, 0.15) is 6.04 Å². The number of amides is 3. The Bertz CT molecular complexity index is 730. The third kappa shape index (κ3) is 4.88. The highest BCUT2D eigenvalue weighted by molar-refractivity contribution is 6.35. The minimum atomic E-state index is -0.650. The zero-order chi connectivity index (χ0) is 18.4. The quantitative estimate of drug-likeness (QED) is 0.757. The van der Waals surface area contributed by atoms with Crippen LogP contribution in [0.3, 0.4) is 0 Å². The molecule has 1 saturated heterocycles. The molecule has 2 rings (SSSR count). The van der Waals surface area contributed by atoms with Crippen LogP contribution in [0.15, 0.2) is 18.2 Å². The van der Waals surface area contributed by atoms with Crippen molar-refractivity contribution in [3.05, 3.63) is 33.8 Å². The maximum absolute atomic E-state index is 12.7. The first-order valence-electron chi connectivity index (χ1n) is 7.68. The number of hydrogen-bond acceptors (Lipinski definition) is 3. The van der Waals surface area contributed by atoms with Gasteiger partial charge in [0.2, 0.25) is 11.8 Å². The van der Waals surface area contributed by atoms with E-state index in [0.29, 0.717) is 24.4 Å². The summed E-state index contributed by atoms with van der Waals surface area (Å²) in [5, 5.41) is 5.63. The van der Waals surface area contributed by atoms with Gasteiger partial charge in [-0.05, 0) is 31.0 Å². The number of nitrogens with zero attached hydrogens (tertiary/aromatic N) is 1. The average molecular weight is 382 g/mol. The lowest BCUT2D eigenvalue weighted by atomic mass is 10.1. The van der Waals surface area contributed by atoms with Gasteiger partial charge in [0.25, 0.3) is 5.91 Å². The predicted octanol–water partition coefficient (Wildman–Crippen LogP) is 1.46. The minimum absolute atomic E-state index is 0.0933. The van der Waals surface area contributed by atoms with Gasteiger partial charge < -0.3 is 15.5 Å². The van der Waals surface area contributed by atoms with Crippen molar-refractivity contribution < 1.29 is 14.4 Å². The van der Waals surface area contributed by atoms with Gasteiger partial charge in [-0.2, -0.15) is 0 Å². The Morgan fingerprint density at radius 2 is 2.04 bits per heavy atom. The van der Waals surface area contributed by atoms with Crippen LogP contribution in [-0.2, 0) is 9.59 Å². The zero-order valence-corrected chi connectivity index (χ0v) is 14.9. The second-order valence-electron chi connectivity index (χ2n) is 5.48. The number of terminal acetylenes is 1. The van der Waals surface area contributed by atoms with Crippen LogP contribution in [-0.4, -0.2) is 48.3 Å². The molecule has 1 aromatic rings. The van der Waals surface area contributed by atoms with E-state index >= 15 is 0 Å². The number of carbonyl (C=O) groups is 3. The first kappa shape index (κ1) is 19.1. The fourth-order valence-corrected chi connectivity index (χ4v) is 2.97. The van der Waals surface area contributed by atoms with Gasteiger partial charge in [-0.15, -0.1) is 6.42 Å². The molecule has 0 radical (unpaired) electrons. The molecular formula is C17H17Cl2N3O3. The Kier molecular flexibility index (Phi) is 6.68. The summed E-state index contributed by atoms with van der Waals surface area (Å²) in [6.45, 7) is 0.329. The van der Waals surface area contributed by atoms with E-state index in [9.17, 15) is 14.4 Å². The Morgan fingerprint density at radius 3 is 2.76 bits per heavy atom. The summed E-state index contributed by atoms with van der Waals surface area (Å²) in [6.07, 6.45) is 6.25. The van der Waals surface area contributed by atoms with E-state index in [-0.39, 0.29) is 41.4 Å². The Hall–Kier alpha value is -2.23. The highest BCUT2D eigenvalue weighted by Crippen LogP contribution is 2.26. The standard InChI is InChI=1S/C17H17Cl2N3O3/c1-2-7-20-15(23)10-21-16(24)14-4-3-8-22(14)17(25)12-9-11(18)5-6-13(12)19/h1,5-6,9,14H,3-4,7-8,10H2,(H,20,23)(H,21,24). The van der Waals surface area contributed by atoms with Crippen molar-refractivity contribution >= 4 is 40.9 Å². The number of likely N-dealkylation sites (tertiary alicyclic amines) is 1. The average Bonchev–Trinajstić information content (AvgIpc) is 3.09. The Morgan fingerprint density at radius 1 is 1.28 bits per heavy atom. The van der Waals surface area contributed by atoms with Crippen LogP contribution in [0.5, 0.6) is 0 Å². The summed E-state index contributed by atoms with van der Waals surface area (Å²) in [5.41, 5.74) is 0.251. The molecule has 25 heavy (non-hydrogen) atoms. The third-order valence-electron chi connectivity index (χ3n) is 3.79. The van der Waals surface area contributed by atoms with Gasteiger partial charge in [0.05, 0.1) is 23.7 Å². The third-order valence-corrected chi connectivity index (χ3v) is 4.35. The summed E-state index contributed by atoms with van der Waals surface area (Å²) in [7, 11) is 0. The second kappa shape index (κ2) is 8.75. The van der Waals surface area contributed by atoms with Crippen molar-refractivity contribution in [3.63, 3.8) is 0 Å². The highest BCUT2D eigenvalue weighted by atomic mass is 35.5. The number of benzene rings is 1. The van der Waals surface area contributed by atoms with E-state index in [0.717, 1.165) is 0 Å². The van der Waals surface area contributed by atoms with Crippen molar-refractivity contribution in [2.45, 2.75) is 18.9 Å².